The second-order valence-electron chi connectivity index (χ2n) is 4.43. The molecule has 0 aromatic rings. The Balaban J connectivity index is 1.97. The predicted octanol–water partition coefficient (Wildman–Crippen LogP) is 0.907. The van der Waals surface area contributed by atoms with Crippen molar-refractivity contribution in [3.63, 3.8) is 0 Å². The van der Waals surface area contributed by atoms with Crippen LogP contribution in [0.15, 0.2) is 0 Å². The maximum absolute atomic E-state index is 11.8. The molecular weight excluding hydrogens is 196 g/mol. The summed E-state index contributed by atoms with van der Waals surface area (Å²) in [6.07, 6.45) is 1.11. The number of thioether (sulfide) groups is 1. The van der Waals surface area contributed by atoms with Crippen molar-refractivity contribution in [3.8, 4) is 0 Å². The Morgan fingerprint density at radius 1 is 1.57 bits per heavy atom. The largest absolute Gasteiger partial charge is 0.340 e. The van der Waals surface area contributed by atoms with Gasteiger partial charge in [0.15, 0.2) is 0 Å². The van der Waals surface area contributed by atoms with Crippen LogP contribution in [0.2, 0.25) is 0 Å². The first-order chi connectivity index (χ1) is 6.63. The van der Waals surface area contributed by atoms with Crippen molar-refractivity contribution in [2.24, 2.45) is 5.92 Å². The fourth-order valence-corrected chi connectivity index (χ4v) is 3.46. The molecule has 0 saturated carbocycles. The summed E-state index contributed by atoms with van der Waals surface area (Å²) in [6, 6.07) is 0. The summed E-state index contributed by atoms with van der Waals surface area (Å²) < 4.78 is 0. The third-order valence-corrected chi connectivity index (χ3v) is 4.40. The highest BCUT2D eigenvalue weighted by atomic mass is 32.2. The minimum Gasteiger partial charge on any atom is -0.340 e. The minimum absolute atomic E-state index is 0.136. The van der Waals surface area contributed by atoms with Gasteiger partial charge in [-0.25, -0.2) is 0 Å². The van der Waals surface area contributed by atoms with Crippen LogP contribution in [0.1, 0.15) is 20.3 Å². The molecule has 0 aliphatic carbocycles. The molecule has 14 heavy (non-hydrogen) atoms. The molecule has 80 valence electrons. The van der Waals surface area contributed by atoms with E-state index in [4.69, 9.17) is 0 Å². The molecule has 2 aliphatic rings. The lowest BCUT2D eigenvalue weighted by Gasteiger charge is -2.24. The summed E-state index contributed by atoms with van der Waals surface area (Å²) >= 11 is 1.98. The Morgan fingerprint density at radius 3 is 2.93 bits per heavy atom. The zero-order chi connectivity index (χ0) is 10.2. The number of nitrogens with zero attached hydrogens (tertiary/aromatic N) is 1. The van der Waals surface area contributed by atoms with Gasteiger partial charge in [-0.3, -0.25) is 4.79 Å². The van der Waals surface area contributed by atoms with Crippen LogP contribution >= 0.6 is 11.8 Å². The second kappa shape index (κ2) is 3.74. The van der Waals surface area contributed by atoms with Gasteiger partial charge in [-0.1, -0.05) is 13.8 Å². The average molecular weight is 214 g/mol. The molecule has 1 atom stereocenters. The van der Waals surface area contributed by atoms with E-state index >= 15 is 0 Å². The number of hydrogen-bond donors (Lipinski definition) is 1. The summed E-state index contributed by atoms with van der Waals surface area (Å²) in [5.74, 6) is 1.62. The zero-order valence-electron chi connectivity index (χ0n) is 8.88. The van der Waals surface area contributed by atoms with E-state index in [-0.39, 0.29) is 10.8 Å². The number of rotatable bonds is 1. The van der Waals surface area contributed by atoms with Crippen LogP contribution in [0.5, 0.6) is 0 Å². The van der Waals surface area contributed by atoms with Crippen LogP contribution < -0.4 is 5.32 Å². The Labute approximate surface area is 89.6 Å². The highest BCUT2D eigenvalue weighted by Gasteiger charge is 2.42. The van der Waals surface area contributed by atoms with Crippen LogP contribution in [0.25, 0.3) is 0 Å². The van der Waals surface area contributed by atoms with E-state index in [1.165, 1.54) is 5.75 Å². The van der Waals surface area contributed by atoms with Gasteiger partial charge in [-0.2, -0.15) is 0 Å². The summed E-state index contributed by atoms with van der Waals surface area (Å²) in [7, 11) is 0. The number of hydrogen-bond acceptors (Lipinski definition) is 3. The monoisotopic (exact) mass is 214 g/mol. The quantitative estimate of drug-likeness (QED) is 0.704. The molecule has 1 amide bonds. The Kier molecular flexibility index (Phi) is 2.75. The van der Waals surface area contributed by atoms with Gasteiger partial charge in [-0.15, -0.1) is 11.8 Å². The standard InChI is InChI=1S/C10H18N2OS/c1-8(2)9(13)12-5-3-10(7-12)11-4-6-14-10/h8,11H,3-7H2,1-2H3. The molecule has 0 aromatic heterocycles. The van der Waals surface area contributed by atoms with E-state index < -0.39 is 0 Å². The molecule has 1 spiro atoms. The summed E-state index contributed by atoms with van der Waals surface area (Å²) in [5.41, 5.74) is 0. The minimum atomic E-state index is 0.136. The SMILES string of the molecule is CC(C)C(=O)N1CCC2(C1)NCCS2. The Hall–Kier alpha value is -0.220. The molecule has 0 radical (unpaired) electrons. The van der Waals surface area contributed by atoms with Crippen LogP contribution in [0.4, 0.5) is 0 Å². The molecule has 3 nitrogen and oxygen atoms in total. The lowest BCUT2D eigenvalue weighted by atomic mass is 10.2. The van der Waals surface area contributed by atoms with Crippen molar-refractivity contribution < 1.29 is 4.79 Å². The van der Waals surface area contributed by atoms with Crippen LogP contribution in [0, 0.1) is 5.92 Å². The first kappa shape index (κ1) is 10.3. The van der Waals surface area contributed by atoms with Crippen molar-refractivity contribution >= 4 is 17.7 Å². The number of likely N-dealkylation sites (tertiary alicyclic amines) is 1. The fourth-order valence-electron chi connectivity index (χ4n) is 2.17. The van der Waals surface area contributed by atoms with Gasteiger partial charge < -0.3 is 10.2 Å². The van der Waals surface area contributed by atoms with E-state index in [9.17, 15) is 4.79 Å². The van der Waals surface area contributed by atoms with Crippen LogP contribution in [-0.4, -0.2) is 41.1 Å². The van der Waals surface area contributed by atoms with E-state index in [1.807, 2.05) is 30.5 Å². The summed E-state index contributed by atoms with van der Waals surface area (Å²) in [6.45, 7) is 6.87. The number of amides is 1. The van der Waals surface area contributed by atoms with Gasteiger partial charge in [0.25, 0.3) is 0 Å². The first-order valence-electron chi connectivity index (χ1n) is 5.31. The van der Waals surface area contributed by atoms with Crippen molar-refractivity contribution in [2.45, 2.75) is 25.1 Å². The molecule has 0 aromatic carbocycles. The highest BCUT2D eigenvalue weighted by molar-refractivity contribution is 8.00. The van der Waals surface area contributed by atoms with E-state index in [0.717, 1.165) is 26.1 Å². The van der Waals surface area contributed by atoms with Gasteiger partial charge in [0.1, 0.15) is 0 Å². The van der Waals surface area contributed by atoms with Gasteiger partial charge >= 0.3 is 0 Å². The van der Waals surface area contributed by atoms with E-state index in [1.54, 1.807) is 0 Å². The summed E-state index contributed by atoms with van der Waals surface area (Å²) in [4.78, 5) is 14.0. The molecule has 1 unspecified atom stereocenters. The Bertz CT molecular complexity index is 236. The van der Waals surface area contributed by atoms with E-state index in [2.05, 4.69) is 5.32 Å². The normalized spacial score (nSPS) is 32.1. The van der Waals surface area contributed by atoms with Crippen molar-refractivity contribution in [2.75, 3.05) is 25.4 Å². The van der Waals surface area contributed by atoms with Gasteiger partial charge in [0, 0.05) is 31.3 Å². The molecular formula is C10H18N2OS. The number of carbonyl (C=O) groups excluding carboxylic acids is 1. The van der Waals surface area contributed by atoms with Gasteiger partial charge in [0.05, 0.1) is 4.87 Å². The topological polar surface area (TPSA) is 32.3 Å². The van der Waals surface area contributed by atoms with Crippen molar-refractivity contribution in [3.05, 3.63) is 0 Å². The molecule has 2 aliphatic heterocycles. The second-order valence-corrected chi connectivity index (χ2v) is 5.91. The lowest BCUT2D eigenvalue weighted by Crippen LogP contribution is -2.42. The molecule has 2 fully saturated rings. The maximum Gasteiger partial charge on any atom is 0.225 e. The molecule has 1 N–H and O–H groups in total. The van der Waals surface area contributed by atoms with Crippen molar-refractivity contribution in [1.29, 1.82) is 0 Å². The number of nitrogens with one attached hydrogen (secondary N) is 1. The summed E-state index contributed by atoms with van der Waals surface area (Å²) in [5, 5.41) is 3.52. The van der Waals surface area contributed by atoms with E-state index in [0.29, 0.717) is 5.91 Å². The molecule has 2 heterocycles. The molecule has 2 saturated heterocycles. The molecule has 4 heteroatoms. The van der Waals surface area contributed by atoms with Crippen molar-refractivity contribution in [1.82, 2.24) is 10.2 Å². The van der Waals surface area contributed by atoms with Gasteiger partial charge in [0.2, 0.25) is 5.91 Å². The highest BCUT2D eigenvalue weighted by Crippen LogP contribution is 2.36. The number of carbonyl (C=O) groups is 1. The zero-order valence-corrected chi connectivity index (χ0v) is 9.69. The lowest BCUT2D eigenvalue weighted by molar-refractivity contribution is -0.133. The smallest absolute Gasteiger partial charge is 0.225 e. The average Bonchev–Trinajstić information content (AvgIpc) is 2.76. The molecule has 2 rings (SSSR count). The fraction of sp³-hybridized carbons (Fsp3) is 0.900. The third kappa shape index (κ3) is 1.77. The van der Waals surface area contributed by atoms with Crippen LogP contribution in [-0.2, 0) is 4.79 Å². The first-order valence-corrected chi connectivity index (χ1v) is 6.29. The third-order valence-electron chi connectivity index (χ3n) is 2.96. The maximum atomic E-state index is 11.8. The van der Waals surface area contributed by atoms with Gasteiger partial charge in [-0.05, 0) is 6.42 Å². The Morgan fingerprint density at radius 2 is 2.36 bits per heavy atom. The molecule has 0 bridgehead atoms. The van der Waals surface area contributed by atoms with Crippen LogP contribution in [0.3, 0.4) is 0 Å². The predicted molar refractivity (Wildman–Crippen MR) is 59.2 cm³/mol.